The second kappa shape index (κ2) is 9.28. The maximum atomic E-state index is 10.4. The van der Waals surface area contributed by atoms with E-state index < -0.39 is 36.3 Å². The number of aliphatic hydroxyl groups is 4. The first-order valence-corrected chi connectivity index (χ1v) is 10.2. The van der Waals surface area contributed by atoms with Crippen molar-refractivity contribution in [3.8, 4) is 0 Å². The van der Waals surface area contributed by atoms with Gasteiger partial charge in [0.1, 0.15) is 30.0 Å². The van der Waals surface area contributed by atoms with Crippen molar-refractivity contribution >= 4 is 0 Å². The standard InChI is InChI=1S/C25H26O6/c26-21-20(31-24(29)23(28)22(21)27)16-30-25(17-10-4-1-5-11-17,18-12-6-2-7-13-18)19-14-8-3-9-15-19/h1-15,20-24,26-29H,16H2/t20-,21-,22-,23+,24+/m1/s1. The van der Waals surface area contributed by atoms with Gasteiger partial charge in [0.25, 0.3) is 0 Å². The van der Waals surface area contributed by atoms with Crippen LogP contribution in [-0.2, 0) is 15.1 Å². The normalized spacial score (nSPS) is 26.5. The van der Waals surface area contributed by atoms with Crippen molar-refractivity contribution in [3.05, 3.63) is 108 Å². The second-order valence-electron chi connectivity index (χ2n) is 7.63. The van der Waals surface area contributed by atoms with E-state index in [-0.39, 0.29) is 6.61 Å². The zero-order chi connectivity index (χ0) is 21.8. The number of benzene rings is 3. The lowest BCUT2D eigenvalue weighted by Gasteiger charge is -2.41. The van der Waals surface area contributed by atoms with Gasteiger partial charge in [0, 0.05) is 0 Å². The van der Waals surface area contributed by atoms with Crippen LogP contribution in [0.3, 0.4) is 0 Å². The van der Waals surface area contributed by atoms with Gasteiger partial charge in [0.2, 0.25) is 0 Å². The summed E-state index contributed by atoms with van der Waals surface area (Å²) in [5.74, 6) is 0. The van der Waals surface area contributed by atoms with Crippen LogP contribution in [0.5, 0.6) is 0 Å². The molecule has 3 aromatic carbocycles. The molecule has 0 aliphatic carbocycles. The molecule has 0 spiro atoms. The molecule has 6 heteroatoms. The third-order valence-corrected chi connectivity index (χ3v) is 5.69. The summed E-state index contributed by atoms with van der Waals surface area (Å²) >= 11 is 0. The molecule has 0 unspecified atom stereocenters. The first kappa shape index (κ1) is 21.6. The van der Waals surface area contributed by atoms with Crippen LogP contribution in [0, 0.1) is 0 Å². The summed E-state index contributed by atoms with van der Waals surface area (Å²) in [6, 6.07) is 29.1. The van der Waals surface area contributed by atoms with Gasteiger partial charge in [-0.25, -0.2) is 0 Å². The number of aliphatic hydroxyl groups excluding tert-OH is 4. The number of ether oxygens (including phenoxy) is 2. The fourth-order valence-corrected chi connectivity index (χ4v) is 4.04. The van der Waals surface area contributed by atoms with Crippen LogP contribution in [-0.4, -0.2) is 57.7 Å². The van der Waals surface area contributed by atoms with Gasteiger partial charge in [-0.05, 0) is 16.7 Å². The van der Waals surface area contributed by atoms with Gasteiger partial charge in [0.05, 0.1) is 6.61 Å². The lowest BCUT2D eigenvalue weighted by Crippen LogP contribution is -2.59. The van der Waals surface area contributed by atoms with Crippen LogP contribution in [0.15, 0.2) is 91.0 Å². The molecular formula is C25H26O6. The Balaban J connectivity index is 1.78. The van der Waals surface area contributed by atoms with E-state index in [0.29, 0.717) is 0 Å². The molecule has 4 rings (SSSR count). The summed E-state index contributed by atoms with van der Waals surface area (Å²) < 4.78 is 11.9. The molecule has 0 radical (unpaired) electrons. The van der Waals surface area contributed by atoms with E-state index in [2.05, 4.69) is 0 Å². The smallest absolute Gasteiger partial charge is 0.184 e. The first-order valence-electron chi connectivity index (χ1n) is 10.2. The molecule has 0 aromatic heterocycles. The largest absolute Gasteiger partial charge is 0.387 e. The van der Waals surface area contributed by atoms with Crippen molar-refractivity contribution in [3.63, 3.8) is 0 Å². The van der Waals surface area contributed by atoms with Crippen molar-refractivity contribution in [2.75, 3.05) is 6.61 Å². The maximum Gasteiger partial charge on any atom is 0.184 e. The first-order chi connectivity index (χ1) is 15.0. The molecule has 31 heavy (non-hydrogen) atoms. The Morgan fingerprint density at radius 1 is 0.613 bits per heavy atom. The average Bonchev–Trinajstić information content (AvgIpc) is 2.83. The van der Waals surface area contributed by atoms with Crippen LogP contribution in [0.1, 0.15) is 16.7 Å². The minimum Gasteiger partial charge on any atom is -0.387 e. The van der Waals surface area contributed by atoms with E-state index in [9.17, 15) is 20.4 Å². The number of rotatable bonds is 6. The molecule has 0 bridgehead atoms. The van der Waals surface area contributed by atoms with Crippen LogP contribution >= 0.6 is 0 Å². The predicted molar refractivity (Wildman–Crippen MR) is 114 cm³/mol. The summed E-state index contributed by atoms with van der Waals surface area (Å²) in [5, 5.41) is 40.2. The second-order valence-corrected chi connectivity index (χ2v) is 7.63. The Bertz CT molecular complexity index is 853. The number of hydrogen-bond acceptors (Lipinski definition) is 6. The third kappa shape index (κ3) is 4.14. The zero-order valence-electron chi connectivity index (χ0n) is 16.9. The van der Waals surface area contributed by atoms with Gasteiger partial charge < -0.3 is 29.9 Å². The molecule has 0 saturated carbocycles. The van der Waals surface area contributed by atoms with Gasteiger partial charge in [-0.1, -0.05) is 91.0 Å². The summed E-state index contributed by atoms with van der Waals surface area (Å²) in [6.07, 6.45) is -7.21. The molecule has 1 aliphatic rings. The Morgan fingerprint density at radius 2 is 1.03 bits per heavy atom. The summed E-state index contributed by atoms with van der Waals surface area (Å²) in [6.45, 7) is -0.138. The molecule has 1 fully saturated rings. The molecule has 3 aromatic rings. The van der Waals surface area contributed by atoms with Crippen molar-refractivity contribution in [1.29, 1.82) is 0 Å². The summed E-state index contributed by atoms with van der Waals surface area (Å²) in [4.78, 5) is 0. The molecule has 4 N–H and O–H groups in total. The van der Waals surface area contributed by atoms with Crippen molar-refractivity contribution in [2.45, 2.75) is 36.3 Å². The third-order valence-electron chi connectivity index (χ3n) is 5.69. The predicted octanol–water partition coefficient (Wildman–Crippen LogP) is 1.79. The van der Waals surface area contributed by atoms with Crippen molar-refractivity contribution in [2.24, 2.45) is 0 Å². The fourth-order valence-electron chi connectivity index (χ4n) is 4.04. The fraction of sp³-hybridized carbons (Fsp3) is 0.280. The molecule has 1 saturated heterocycles. The Hall–Kier alpha value is -2.58. The zero-order valence-corrected chi connectivity index (χ0v) is 16.9. The van der Waals surface area contributed by atoms with Crippen LogP contribution in [0.25, 0.3) is 0 Å². The van der Waals surface area contributed by atoms with E-state index in [1.54, 1.807) is 0 Å². The molecule has 162 valence electrons. The molecule has 0 amide bonds. The van der Waals surface area contributed by atoms with Crippen LogP contribution in [0.2, 0.25) is 0 Å². The van der Waals surface area contributed by atoms with E-state index in [4.69, 9.17) is 9.47 Å². The van der Waals surface area contributed by atoms with Gasteiger partial charge in [-0.2, -0.15) is 0 Å². The van der Waals surface area contributed by atoms with Crippen molar-refractivity contribution in [1.82, 2.24) is 0 Å². The van der Waals surface area contributed by atoms with E-state index in [0.717, 1.165) is 16.7 Å². The highest BCUT2D eigenvalue weighted by Crippen LogP contribution is 2.41. The van der Waals surface area contributed by atoms with Crippen molar-refractivity contribution < 1.29 is 29.9 Å². The molecule has 1 aliphatic heterocycles. The van der Waals surface area contributed by atoms with Crippen LogP contribution in [0.4, 0.5) is 0 Å². The van der Waals surface area contributed by atoms with E-state index in [1.807, 2.05) is 91.0 Å². The quantitative estimate of drug-likeness (QED) is 0.452. The Kier molecular flexibility index (Phi) is 6.48. The van der Waals surface area contributed by atoms with Gasteiger partial charge in [-0.3, -0.25) is 0 Å². The van der Waals surface area contributed by atoms with Crippen LogP contribution < -0.4 is 0 Å². The molecular weight excluding hydrogens is 396 g/mol. The lowest BCUT2D eigenvalue weighted by molar-refractivity contribution is -0.291. The highest BCUT2D eigenvalue weighted by atomic mass is 16.6. The summed E-state index contributed by atoms with van der Waals surface area (Å²) in [7, 11) is 0. The lowest BCUT2D eigenvalue weighted by atomic mass is 9.80. The molecule has 5 atom stereocenters. The minimum atomic E-state index is -1.62. The highest BCUT2D eigenvalue weighted by Gasteiger charge is 2.45. The van der Waals surface area contributed by atoms with Gasteiger partial charge in [-0.15, -0.1) is 0 Å². The van der Waals surface area contributed by atoms with E-state index in [1.165, 1.54) is 0 Å². The van der Waals surface area contributed by atoms with E-state index >= 15 is 0 Å². The monoisotopic (exact) mass is 422 g/mol. The number of hydrogen-bond donors (Lipinski definition) is 4. The Labute approximate surface area is 180 Å². The maximum absolute atomic E-state index is 10.4. The minimum absolute atomic E-state index is 0.138. The summed E-state index contributed by atoms with van der Waals surface area (Å²) in [5.41, 5.74) is 1.59. The van der Waals surface area contributed by atoms with Gasteiger partial charge >= 0.3 is 0 Å². The average molecular weight is 422 g/mol. The highest BCUT2D eigenvalue weighted by molar-refractivity contribution is 5.47. The molecule has 1 heterocycles. The SMILES string of the molecule is O[C@H]1[C@H](O)[C@@H](O)O[C@H](COC(c2ccccc2)(c2ccccc2)c2ccccc2)[C@H]1O. The van der Waals surface area contributed by atoms with Gasteiger partial charge in [0.15, 0.2) is 6.29 Å². The Morgan fingerprint density at radius 3 is 1.45 bits per heavy atom. The topological polar surface area (TPSA) is 99.4 Å². The molecule has 6 nitrogen and oxygen atoms in total.